The van der Waals surface area contributed by atoms with Gasteiger partial charge in [-0.1, -0.05) is 59.6 Å². The van der Waals surface area contributed by atoms with Crippen LogP contribution in [0.3, 0.4) is 0 Å². The second kappa shape index (κ2) is 8.64. The number of rotatable bonds is 6. The fourth-order valence-electron chi connectivity index (χ4n) is 2.11. The maximum atomic E-state index is 11.8. The summed E-state index contributed by atoms with van der Waals surface area (Å²) in [5.74, 6) is 0.724. The summed E-state index contributed by atoms with van der Waals surface area (Å²) >= 11 is 3.45. The van der Waals surface area contributed by atoms with Crippen LogP contribution in [0.2, 0.25) is 0 Å². The largest absolute Gasteiger partial charge is 0.483 e. The molecule has 2 rings (SSSR count). The minimum atomic E-state index is -0.295. The summed E-state index contributed by atoms with van der Waals surface area (Å²) in [5.41, 5.74) is 5.64. The molecule has 0 saturated carbocycles. The Morgan fingerprint density at radius 2 is 1.96 bits per heavy atom. The van der Waals surface area contributed by atoms with Crippen molar-refractivity contribution in [2.45, 2.75) is 26.7 Å². The molecule has 1 amide bonds. The maximum Gasteiger partial charge on any atom is 0.277 e. The van der Waals surface area contributed by atoms with E-state index in [-0.39, 0.29) is 12.5 Å². The zero-order valence-corrected chi connectivity index (χ0v) is 15.6. The first-order chi connectivity index (χ1) is 11.5. The van der Waals surface area contributed by atoms with Crippen molar-refractivity contribution in [1.82, 2.24) is 5.43 Å². The van der Waals surface area contributed by atoms with Crippen LogP contribution >= 0.6 is 15.9 Å². The van der Waals surface area contributed by atoms with E-state index in [1.807, 2.05) is 49.4 Å². The molecular formula is C19H21BrN2O2. The molecule has 0 fully saturated rings. The van der Waals surface area contributed by atoms with Crippen molar-refractivity contribution >= 4 is 28.1 Å². The van der Waals surface area contributed by atoms with Gasteiger partial charge in [-0.3, -0.25) is 4.79 Å². The highest BCUT2D eigenvalue weighted by Gasteiger charge is 2.10. The summed E-state index contributed by atoms with van der Waals surface area (Å²) in [4.78, 5) is 11.8. The number of ether oxygens (including phenoxy) is 1. The Morgan fingerprint density at radius 3 is 2.62 bits per heavy atom. The summed E-state index contributed by atoms with van der Waals surface area (Å²) in [6, 6.07) is 13.6. The lowest BCUT2D eigenvalue weighted by atomic mass is 10.0. The van der Waals surface area contributed by atoms with Gasteiger partial charge in [0.15, 0.2) is 6.61 Å². The average Bonchev–Trinajstić information content (AvgIpc) is 2.55. The van der Waals surface area contributed by atoms with Crippen molar-refractivity contribution in [3.05, 3.63) is 63.6 Å². The van der Waals surface area contributed by atoms with Gasteiger partial charge in [-0.05, 0) is 42.2 Å². The second-order valence-corrected chi connectivity index (χ2v) is 6.75. The van der Waals surface area contributed by atoms with Gasteiger partial charge in [0.2, 0.25) is 0 Å². The molecule has 1 N–H and O–H groups in total. The molecule has 2 aromatic rings. The Morgan fingerprint density at radius 1 is 1.25 bits per heavy atom. The molecule has 4 nitrogen and oxygen atoms in total. The monoisotopic (exact) mass is 388 g/mol. The molecule has 0 aliphatic heterocycles. The molecule has 0 unspecified atom stereocenters. The zero-order valence-electron chi connectivity index (χ0n) is 14.0. The standard InChI is InChI=1S/C19H21BrN2O2/c1-13(2)17-10-16(20)8-9-18(17)24-12-19(23)22-21-11-15-6-4-14(3)5-7-15/h4-11,13H,12H2,1-3H3,(H,22,23)/b21-11+. The van der Waals surface area contributed by atoms with Crippen molar-refractivity contribution in [3.8, 4) is 5.75 Å². The van der Waals surface area contributed by atoms with E-state index < -0.39 is 0 Å². The van der Waals surface area contributed by atoms with Crippen LogP contribution in [-0.2, 0) is 4.79 Å². The van der Waals surface area contributed by atoms with Gasteiger partial charge < -0.3 is 4.74 Å². The number of hydrazone groups is 1. The Kier molecular flexibility index (Phi) is 6.55. The third-order valence-electron chi connectivity index (χ3n) is 3.43. The van der Waals surface area contributed by atoms with Gasteiger partial charge in [0.05, 0.1) is 6.21 Å². The summed E-state index contributed by atoms with van der Waals surface area (Å²) < 4.78 is 6.62. The predicted octanol–water partition coefficient (Wildman–Crippen LogP) is 4.41. The van der Waals surface area contributed by atoms with Crippen LogP contribution in [-0.4, -0.2) is 18.7 Å². The Bertz CT molecular complexity index is 725. The number of hydrogen-bond acceptors (Lipinski definition) is 3. The normalized spacial score (nSPS) is 11.0. The number of carbonyl (C=O) groups excluding carboxylic acids is 1. The first-order valence-corrected chi connectivity index (χ1v) is 8.56. The minimum absolute atomic E-state index is 0.0768. The zero-order chi connectivity index (χ0) is 17.5. The van der Waals surface area contributed by atoms with Gasteiger partial charge in [0.25, 0.3) is 5.91 Å². The number of nitrogens with zero attached hydrogens (tertiary/aromatic N) is 1. The fourth-order valence-corrected chi connectivity index (χ4v) is 2.49. The van der Waals surface area contributed by atoms with Crippen LogP contribution in [0.15, 0.2) is 52.0 Å². The van der Waals surface area contributed by atoms with E-state index in [0.29, 0.717) is 11.7 Å². The molecule has 0 radical (unpaired) electrons. The first kappa shape index (κ1) is 18.2. The van der Waals surface area contributed by atoms with Crippen LogP contribution in [0.1, 0.15) is 36.5 Å². The van der Waals surface area contributed by atoms with Crippen molar-refractivity contribution in [1.29, 1.82) is 0 Å². The fraction of sp³-hybridized carbons (Fsp3) is 0.263. The van der Waals surface area contributed by atoms with Crippen LogP contribution < -0.4 is 10.2 Å². The molecule has 0 saturated heterocycles. The van der Waals surface area contributed by atoms with Crippen molar-refractivity contribution in [2.75, 3.05) is 6.61 Å². The molecule has 0 spiro atoms. The van der Waals surface area contributed by atoms with Gasteiger partial charge in [-0.2, -0.15) is 5.10 Å². The van der Waals surface area contributed by atoms with Crippen LogP contribution in [0, 0.1) is 6.92 Å². The van der Waals surface area contributed by atoms with Gasteiger partial charge >= 0.3 is 0 Å². The quantitative estimate of drug-likeness (QED) is 0.588. The second-order valence-electron chi connectivity index (χ2n) is 5.83. The third-order valence-corrected chi connectivity index (χ3v) is 3.93. The average molecular weight is 389 g/mol. The number of amides is 1. The SMILES string of the molecule is Cc1ccc(/C=N/NC(=O)COc2ccc(Br)cc2C(C)C)cc1. The first-order valence-electron chi connectivity index (χ1n) is 7.76. The maximum absolute atomic E-state index is 11.8. The Labute approximate surface area is 151 Å². The highest BCUT2D eigenvalue weighted by Crippen LogP contribution is 2.29. The van der Waals surface area contributed by atoms with E-state index in [2.05, 4.69) is 40.3 Å². The lowest BCUT2D eigenvalue weighted by Crippen LogP contribution is -2.24. The molecule has 0 aromatic heterocycles. The van der Waals surface area contributed by atoms with E-state index in [1.165, 1.54) is 5.56 Å². The Hall–Kier alpha value is -2.14. The molecule has 0 heterocycles. The van der Waals surface area contributed by atoms with E-state index >= 15 is 0 Å². The minimum Gasteiger partial charge on any atom is -0.483 e. The molecule has 0 bridgehead atoms. The summed E-state index contributed by atoms with van der Waals surface area (Å²) in [6.45, 7) is 6.11. The van der Waals surface area contributed by atoms with Gasteiger partial charge in [0.1, 0.15) is 5.75 Å². The molecule has 126 valence electrons. The van der Waals surface area contributed by atoms with E-state index in [9.17, 15) is 4.79 Å². The lowest BCUT2D eigenvalue weighted by Gasteiger charge is -2.13. The van der Waals surface area contributed by atoms with Crippen LogP contribution in [0.4, 0.5) is 0 Å². The summed E-state index contributed by atoms with van der Waals surface area (Å²) in [7, 11) is 0. The third kappa shape index (κ3) is 5.49. The number of nitrogens with one attached hydrogen (secondary N) is 1. The van der Waals surface area contributed by atoms with Crippen LogP contribution in [0.25, 0.3) is 0 Å². The number of hydrogen-bond donors (Lipinski definition) is 1. The summed E-state index contributed by atoms with van der Waals surface area (Å²) in [6.07, 6.45) is 1.61. The van der Waals surface area contributed by atoms with Gasteiger partial charge in [-0.25, -0.2) is 5.43 Å². The molecule has 0 aliphatic carbocycles. The number of benzene rings is 2. The summed E-state index contributed by atoms with van der Waals surface area (Å²) in [5, 5.41) is 3.94. The van der Waals surface area contributed by atoms with E-state index in [4.69, 9.17) is 4.74 Å². The molecule has 0 atom stereocenters. The van der Waals surface area contributed by atoms with Gasteiger partial charge in [0, 0.05) is 4.47 Å². The highest BCUT2D eigenvalue weighted by atomic mass is 79.9. The molecule has 24 heavy (non-hydrogen) atoms. The molecule has 0 aliphatic rings. The number of aryl methyl sites for hydroxylation is 1. The topological polar surface area (TPSA) is 50.7 Å². The van der Waals surface area contributed by atoms with E-state index in [0.717, 1.165) is 15.6 Å². The highest BCUT2D eigenvalue weighted by molar-refractivity contribution is 9.10. The van der Waals surface area contributed by atoms with Crippen molar-refractivity contribution in [3.63, 3.8) is 0 Å². The van der Waals surface area contributed by atoms with E-state index in [1.54, 1.807) is 6.21 Å². The molecular weight excluding hydrogens is 368 g/mol. The Balaban J connectivity index is 1.88. The predicted molar refractivity (Wildman–Crippen MR) is 101 cm³/mol. The lowest BCUT2D eigenvalue weighted by molar-refractivity contribution is -0.123. The van der Waals surface area contributed by atoms with Crippen molar-refractivity contribution in [2.24, 2.45) is 5.10 Å². The number of carbonyl (C=O) groups is 1. The van der Waals surface area contributed by atoms with Gasteiger partial charge in [-0.15, -0.1) is 0 Å². The van der Waals surface area contributed by atoms with Crippen LogP contribution in [0.5, 0.6) is 5.75 Å². The smallest absolute Gasteiger partial charge is 0.277 e. The molecule has 2 aromatic carbocycles. The molecule has 5 heteroatoms. The number of halogens is 1. The van der Waals surface area contributed by atoms with Crippen molar-refractivity contribution < 1.29 is 9.53 Å².